The summed E-state index contributed by atoms with van der Waals surface area (Å²) in [5.41, 5.74) is 6.71. The van der Waals surface area contributed by atoms with E-state index in [2.05, 4.69) is 62.6 Å². The van der Waals surface area contributed by atoms with E-state index in [4.69, 9.17) is 17.0 Å². The molecule has 4 aliphatic rings. The summed E-state index contributed by atoms with van der Waals surface area (Å²) in [5.74, 6) is 0. The molecule has 0 saturated heterocycles. The van der Waals surface area contributed by atoms with E-state index in [0.717, 1.165) is 0 Å². The van der Waals surface area contributed by atoms with Crippen LogP contribution in [0.25, 0.3) is 0 Å². The predicted molar refractivity (Wildman–Crippen MR) is 119 cm³/mol. The fourth-order valence-corrected chi connectivity index (χ4v) is 20.9. The molecule has 0 saturated carbocycles. The van der Waals surface area contributed by atoms with Crippen molar-refractivity contribution in [1.82, 2.24) is 0 Å². The first-order chi connectivity index (χ1) is 12.5. The Labute approximate surface area is 173 Å². The van der Waals surface area contributed by atoms with Crippen molar-refractivity contribution in [3.05, 3.63) is 46.6 Å². The van der Waals surface area contributed by atoms with Gasteiger partial charge in [0.05, 0.1) is 0 Å². The molecule has 0 bridgehead atoms. The van der Waals surface area contributed by atoms with Crippen LogP contribution >= 0.6 is 17.0 Å². The van der Waals surface area contributed by atoms with Crippen LogP contribution in [0, 0.1) is 10.8 Å². The summed E-state index contributed by atoms with van der Waals surface area (Å²) in [4.78, 5) is 0. The molecule has 4 aliphatic carbocycles. The first-order valence-corrected chi connectivity index (χ1v) is 21.3. The van der Waals surface area contributed by atoms with Crippen LogP contribution in [0.2, 0.25) is 7.25 Å². The van der Waals surface area contributed by atoms with Crippen LogP contribution in [-0.4, -0.2) is 3.71 Å². The maximum absolute atomic E-state index is 7.77. The van der Waals surface area contributed by atoms with E-state index in [1.54, 1.807) is 11.1 Å². The van der Waals surface area contributed by atoms with Gasteiger partial charge in [0.25, 0.3) is 0 Å². The molecule has 0 aliphatic heterocycles. The van der Waals surface area contributed by atoms with Crippen molar-refractivity contribution in [1.29, 1.82) is 0 Å². The van der Waals surface area contributed by atoms with Gasteiger partial charge in [-0.05, 0) is 0 Å². The molecule has 2 unspecified atom stereocenters. The minimum absolute atomic E-state index is 0.256. The van der Waals surface area contributed by atoms with Crippen LogP contribution in [0.5, 0.6) is 0 Å². The molecule has 0 spiro atoms. The molecule has 2 atom stereocenters. The second-order valence-electron chi connectivity index (χ2n) is 10.5. The van der Waals surface area contributed by atoms with Crippen LogP contribution in [0.4, 0.5) is 0 Å². The minimum atomic E-state index is -4.28. The molecule has 4 rings (SSSR count). The molecule has 0 N–H and O–H groups in total. The van der Waals surface area contributed by atoms with Crippen molar-refractivity contribution >= 4 is 20.7 Å². The summed E-state index contributed by atoms with van der Waals surface area (Å²) in [5, 5.41) is 0. The topological polar surface area (TPSA) is 0 Å². The molecule has 0 amide bonds. The van der Waals surface area contributed by atoms with E-state index in [0.29, 0.717) is 0 Å². The molecule has 148 valence electrons. The van der Waals surface area contributed by atoms with Crippen molar-refractivity contribution in [3.63, 3.8) is 0 Å². The molecular weight excluding hydrogens is 450 g/mol. The number of hydrogen-bond acceptors (Lipinski definition) is 0. The Morgan fingerprint density at radius 1 is 0.852 bits per heavy atom. The fourth-order valence-electron chi connectivity index (χ4n) is 6.36. The maximum atomic E-state index is 7.77. The quantitative estimate of drug-likeness (QED) is 0.368. The van der Waals surface area contributed by atoms with Gasteiger partial charge in [-0.25, -0.2) is 0 Å². The van der Waals surface area contributed by atoms with Crippen molar-refractivity contribution < 1.29 is 15.9 Å². The average Bonchev–Trinajstić information content (AvgIpc) is 3.21. The number of allylic oxidation sites excluding steroid dienone is 8. The third-order valence-corrected chi connectivity index (χ3v) is 27.4. The van der Waals surface area contributed by atoms with Gasteiger partial charge >= 0.3 is 174 Å². The molecule has 3 heteroatoms. The van der Waals surface area contributed by atoms with Gasteiger partial charge in [0.2, 0.25) is 0 Å². The van der Waals surface area contributed by atoms with Crippen LogP contribution in [0.3, 0.4) is 0 Å². The fraction of sp³-hybridized carbons (Fsp3) is 0.625. The van der Waals surface area contributed by atoms with Crippen LogP contribution < -0.4 is 0 Å². The third-order valence-electron chi connectivity index (χ3n) is 8.05. The third kappa shape index (κ3) is 2.97. The molecule has 0 fully saturated rings. The Morgan fingerprint density at radius 2 is 1.26 bits per heavy atom. The molecule has 0 radical (unpaired) electrons. The van der Waals surface area contributed by atoms with Crippen LogP contribution in [-0.2, 0) is 15.9 Å². The monoisotopic (exact) mass is 482 g/mol. The summed E-state index contributed by atoms with van der Waals surface area (Å²) >= 11 is -4.28. The summed E-state index contributed by atoms with van der Waals surface area (Å²) in [6, 6.07) is 0. The number of hydrogen-bond donors (Lipinski definition) is 0. The first-order valence-electron chi connectivity index (χ1n) is 10.7. The van der Waals surface area contributed by atoms with Crippen LogP contribution in [0.15, 0.2) is 46.6 Å². The van der Waals surface area contributed by atoms with E-state index >= 15 is 0 Å². The Balaban J connectivity index is 1.84. The molecule has 0 heterocycles. The molecule has 27 heavy (non-hydrogen) atoms. The van der Waals surface area contributed by atoms with Gasteiger partial charge in [0, 0.05) is 0 Å². The second kappa shape index (κ2) is 6.39. The molecule has 0 aromatic carbocycles. The standard InChI is InChI=1S/2C11H15.C2H4.2ClH.Zr/c2*1-11(2)8-4-6-9-5-3-7-10(9)11;1-2;;;/h2*3,5,7H,4,6,8H2,1-2H3;1H,2H3;2*1H;/q;;;;;+2/p-2. The van der Waals surface area contributed by atoms with Crippen molar-refractivity contribution in [2.75, 3.05) is 0 Å². The Hall–Kier alpha value is 0.293. The van der Waals surface area contributed by atoms with Gasteiger partial charge in [0.15, 0.2) is 0 Å². The zero-order valence-corrected chi connectivity index (χ0v) is 21.5. The normalized spacial score (nSPS) is 32.0. The summed E-state index contributed by atoms with van der Waals surface area (Å²) < 4.78 is 2.82. The molecule has 0 aromatic heterocycles. The van der Waals surface area contributed by atoms with E-state index in [-0.39, 0.29) is 18.1 Å². The average molecular weight is 485 g/mol. The van der Waals surface area contributed by atoms with E-state index in [9.17, 15) is 0 Å². The predicted octanol–water partition coefficient (Wildman–Crippen LogP) is 8.54. The van der Waals surface area contributed by atoms with Crippen molar-refractivity contribution in [2.45, 2.75) is 80.4 Å². The van der Waals surface area contributed by atoms with E-state index < -0.39 is 15.9 Å². The van der Waals surface area contributed by atoms with Gasteiger partial charge in [-0.1, -0.05) is 0 Å². The Bertz CT molecular complexity index is 806. The number of halogens is 2. The zero-order chi connectivity index (χ0) is 19.7. The molecule has 0 nitrogen and oxygen atoms in total. The SMILES string of the molecule is C[CH]=[Zr]([Cl])([Cl])([CH]1C=CC2=C1CCCC2(C)C)[CH]1C=CC2=C1CCCC2(C)C. The van der Waals surface area contributed by atoms with Crippen LogP contribution in [0.1, 0.15) is 73.1 Å². The van der Waals surface area contributed by atoms with Gasteiger partial charge in [0.1, 0.15) is 0 Å². The van der Waals surface area contributed by atoms with E-state index in [1.165, 1.54) is 49.7 Å². The summed E-state index contributed by atoms with van der Waals surface area (Å²) in [6.07, 6.45) is 16.9. The molecule has 0 aromatic rings. The van der Waals surface area contributed by atoms with Crippen molar-refractivity contribution in [2.24, 2.45) is 10.8 Å². The molecular formula is C24H34Cl2Zr. The van der Waals surface area contributed by atoms with Gasteiger partial charge in [-0.3, -0.25) is 0 Å². The summed E-state index contributed by atoms with van der Waals surface area (Å²) in [6.45, 7) is 11.7. The first kappa shape index (κ1) is 20.6. The van der Waals surface area contributed by atoms with Gasteiger partial charge in [-0.15, -0.1) is 0 Å². The van der Waals surface area contributed by atoms with Gasteiger partial charge in [-0.2, -0.15) is 0 Å². The van der Waals surface area contributed by atoms with Gasteiger partial charge < -0.3 is 0 Å². The zero-order valence-electron chi connectivity index (χ0n) is 17.5. The Kier molecular flexibility index (Phi) is 4.87. The second-order valence-corrected chi connectivity index (χ2v) is 32.2. The van der Waals surface area contributed by atoms with Crippen molar-refractivity contribution in [3.8, 4) is 0 Å². The summed E-state index contributed by atoms with van der Waals surface area (Å²) in [7, 11) is 15.5. The number of rotatable bonds is 2. The Morgan fingerprint density at radius 3 is 1.63 bits per heavy atom. The van der Waals surface area contributed by atoms with E-state index in [1.807, 2.05) is 0 Å².